The molecule has 2 heteroatoms. The van der Waals surface area contributed by atoms with Crippen LogP contribution in [0.4, 0.5) is 34.1 Å². The highest BCUT2D eigenvalue weighted by atomic mass is 15.2. The smallest absolute Gasteiger partial charge is 0.0543 e. The van der Waals surface area contributed by atoms with Crippen molar-refractivity contribution in [2.75, 3.05) is 9.80 Å². The van der Waals surface area contributed by atoms with Crippen LogP contribution in [0.3, 0.4) is 0 Å². The standard InChI is InChI=1S/C64H52N2/c1-63(2,3)57-39-59(65(49-27-23-41-15-7-11-19-45(41)35-49)50-28-24-42-16-8-12-20-46(42)36-50)55-34-32-54-58(64(4,5)6)40-60(56-33-31-53(57)61(55)62(54)56)66(51-29-25-43-17-9-13-21-47(43)37-51)52-30-26-44-18-10-14-22-48(44)38-52/h7-40H,1-6H3. The average Bonchev–Trinajstić information content (AvgIpc) is 3.33. The summed E-state index contributed by atoms with van der Waals surface area (Å²) in [7, 11) is 0. The summed E-state index contributed by atoms with van der Waals surface area (Å²) < 4.78 is 0. The van der Waals surface area contributed by atoms with Gasteiger partial charge in [0, 0.05) is 33.5 Å². The van der Waals surface area contributed by atoms with Gasteiger partial charge >= 0.3 is 0 Å². The molecule has 2 nitrogen and oxygen atoms in total. The van der Waals surface area contributed by atoms with Crippen molar-refractivity contribution in [3.63, 3.8) is 0 Å². The van der Waals surface area contributed by atoms with Crippen LogP contribution in [-0.4, -0.2) is 0 Å². The SMILES string of the molecule is CC(C)(C)c1cc(N(c2ccc3ccccc3c2)c2ccc3ccccc3c2)c2ccc3c(C(C)(C)C)cc(N(c4ccc5ccccc5c4)c4ccc5ccccc5c4)c4ccc1c2c43. The lowest BCUT2D eigenvalue weighted by Gasteiger charge is -2.34. The molecule has 0 aliphatic heterocycles. The molecule has 0 saturated heterocycles. The summed E-state index contributed by atoms with van der Waals surface area (Å²) >= 11 is 0. The summed E-state index contributed by atoms with van der Waals surface area (Å²) in [4.78, 5) is 5.03. The minimum absolute atomic E-state index is 0.159. The van der Waals surface area contributed by atoms with Crippen LogP contribution in [0.25, 0.3) is 75.4 Å². The molecule has 0 aliphatic rings. The van der Waals surface area contributed by atoms with Crippen molar-refractivity contribution >= 4 is 110 Å². The van der Waals surface area contributed by atoms with Crippen LogP contribution in [0.1, 0.15) is 52.7 Å². The first-order chi connectivity index (χ1) is 32.0. The van der Waals surface area contributed by atoms with Gasteiger partial charge in [-0.15, -0.1) is 0 Å². The zero-order valence-corrected chi connectivity index (χ0v) is 38.5. The highest BCUT2D eigenvalue weighted by molar-refractivity contribution is 6.29. The fourth-order valence-corrected chi connectivity index (χ4v) is 10.7. The number of hydrogen-bond acceptors (Lipinski definition) is 2. The van der Waals surface area contributed by atoms with Gasteiger partial charge in [-0.1, -0.05) is 187 Å². The molecule has 0 aliphatic carbocycles. The maximum atomic E-state index is 2.52. The molecule has 0 bridgehead atoms. The summed E-state index contributed by atoms with van der Waals surface area (Å²) in [5.41, 5.74) is 9.22. The summed E-state index contributed by atoms with van der Waals surface area (Å²) in [6.07, 6.45) is 0. The van der Waals surface area contributed by atoms with E-state index in [1.165, 1.54) is 97.9 Å². The first kappa shape index (κ1) is 39.9. The van der Waals surface area contributed by atoms with E-state index in [0.717, 1.165) is 22.7 Å². The molecular formula is C64H52N2. The van der Waals surface area contributed by atoms with Gasteiger partial charge in [0.2, 0.25) is 0 Å². The van der Waals surface area contributed by atoms with E-state index in [2.05, 4.69) is 258 Å². The van der Waals surface area contributed by atoms with E-state index in [-0.39, 0.29) is 10.8 Å². The van der Waals surface area contributed by atoms with Crippen LogP contribution < -0.4 is 9.80 Å². The van der Waals surface area contributed by atoms with Crippen molar-refractivity contribution in [2.24, 2.45) is 0 Å². The molecule has 66 heavy (non-hydrogen) atoms. The Hall–Kier alpha value is -7.68. The minimum Gasteiger partial charge on any atom is -0.310 e. The molecule has 12 rings (SSSR count). The van der Waals surface area contributed by atoms with E-state index in [0.29, 0.717) is 0 Å². The van der Waals surface area contributed by atoms with Crippen molar-refractivity contribution < 1.29 is 0 Å². The van der Waals surface area contributed by atoms with Gasteiger partial charge in [0.15, 0.2) is 0 Å². The lowest BCUT2D eigenvalue weighted by Crippen LogP contribution is -2.17. The topological polar surface area (TPSA) is 6.48 Å². The molecule has 12 aromatic rings. The molecule has 12 aromatic carbocycles. The monoisotopic (exact) mass is 848 g/mol. The van der Waals surface area contributed by atoms with Crippen LogP contribution in [0.15, 0.2) is 206 Å². The Morgan fingerprint density at radius 2 is 0.515 bits per heavy atom. The third-order valence-corrected chi connectivity index (χ3v) is 13.9. The van der Waals surface area contributed by atoms with E-state index in [4.69, 9.17) is 0 Å². The van der Waals surface area contributed by atoms with Crippen molar-refractivity contribution in [1.82, 2.24) is 0 Å². The van der Waals surface area contributed by atoms with Gasteiger partial charge in [-0.3, -0.25) is 0 Å². The summed E-state index contributed by atoms with van der Waals surface area (Å²) in [5.74, 6) is 0. The largest absolute Gasteiger partial charge is 0.310 e. The predicted octanol–water partition coefficient (Wildman–Crippen LogP) is 18.7. The third kappa shape index (κ3) is 6.54. The van der Waals surface area contributed by atoms with E-state index in [1.54, 1.807) is 0 Å². The summed E-state index contributed by atoms with van der Waals surface area (Å²) in [6, 6.07) is 77.2. The van der Waals surface area contributed by atoms with Crippen LogP contribution in [0, 0.1) is 0 Å². The van der Waals surface area contributed by atoms with Crippen molar-refractivity contribution in [2.45, 2.75) is 52.4 Å². The Balaban J connectivity index is 1.21. The maximum Gasteiger partial charge on any atom is 0.0543 e. The number of benzene rings is 12. The van der Waals surface area contributed by atoms with Gasteiger partial charge in [-0.05, 0) is 147 Å². The van der Waals surface area contributed by atoms with Crippen LogP contribution in [-0.2, 0) is 10.8 Å². The quantitative estimate of drug-likeness (QED) is 0.154. The van der Waals surface area contributed by atoms with Crippen molar-refractivity contribution in [3.8, 4) is 0 Å². The molecule has 0 aromatic heterocycles. The van der Waals surface area contributed by atoms with Gasteiger partial charge in [0.1, 0.15) is 0 Å². The molecule has 0 saturated carbocycles. The maximum absolute atomic E-state index is 2.52. The molecule has 0 N–H and O–H groups in total. The molecule has 0 spiro atoms. The van der Waals surface area contributed by atoms with Crippen LogP contribution >= 0.6 is 0 Å². The summed E-state index contributed by atoms with van der Waals surface area (Å²) in [6.45, 7) is 14.2. The van der Waals surface area contributed by atoms with Gasteiger partial charge in [-0.25, -0.2) is 0 Å². The van der Waals surface area contributed by atoms with Crippen LogP contribution in [0.5, 0.6) is 0 Å². The van der Waals surface area contributed by atoms with Crippen molar-refractivity contribution in [1.29, 1.82) is 0 Å². The normalized spacial score (nSPS) is 12.4. The molecular weight excluding hydrogens is 797 g/mol. The van der Waals surface area contributed by atoms with Gasteiger partial charge in [0.25, 0.3) is 0 Å². The number of fused-ring (bicyclic) bond motifs is 4. The highest BCUT2D eigenvalue weighted by Crippen LogP contribution is 2.52. The van der Waals surface area contributed by atoms with Gasteiger partial charge < -0.3 is 9.80 Å². The highest BCUT2D eigenvalue weighted by Gasteiger charge is 2.30. The fraction of sp³-hybridized carbons (Fsp3) is 0.125. The number of hydrogen-bond donors (Lipinski definition) is 0. The van der Waals surface area contributed by atoms with Crippen LogP contribution in [0.2, 0.25) is 0 Å². The molecule has 0 heterocycles. The first-order valence-corrected chi connectivity index (χ1v) is 23.3. The van der Waals surface area contributed by atoms with Gasteiger partial charge in [-0.2, -0.15) is 0 Å². The zero-order valence-electron chi connectivity index (χ0n) is 38.5. The Morgan fingerprint density at radius 1 is 0.258 bits per heavy atom. The first-order valence-electron chi connectivity index (χ1n) is 23.3. The summed E-state index contributed by atoms with van der Waals surface area (Å²) in [5, 5.41) is 17.5. The number of rotatable bonds is 6. The molecule has 0 radical (unpaired) electrons. The lowest BCUT2D eigenvalue weighted by molar-refractivity contribution is 0.595. The second kappa shape index (κ2) is 14.9. The molecule has 0 amide bonds. The second-order valence-corrected chi connectivity index (χ2v) is 20.3. The Bertz CT molecular complexity index is 3450. The predicted molar refractivity (Wildman–Crippen MR) is 287 cm³/mol. The second-order valence-electron chi connectivity index (χ2n) is 20.3. The number of nitrogens with zero attached hydrogens (tertiary/aromatic N) is 2. The fourth-order valence-electron chi connectivity index (χ4n) is 10.7. The lowest BCUT2D eigenvalue weighted by atomic mass is 9.77. The minimum atomic E-state index is -0.159. The Labute approximate surface area is 387 Å². The average molecular weight is 849 g/mol. The van der Waals surface area contributed by atoms with E-state index < -0.39 is 0 Å². The zero-order chi connectivity index (χ0) is 44.9. The molecule has 0 unspecified atom stereocenters. The van der Waals surface area contributed by atoms with E-state index in [1.807, 2.05) is 0 Å². The van der Waals surface area contributed by atoms with Gasteiger partial charge in [0.05, 0.1) is 11.4 Å². The van der Waals surface area contributed by atoms with E-state index >= 15 is 0 Å². The van der Waals surface area contributed by atoms with E-state index in [9.17, 15) is 0 Å². The third-order valence-electron chi connectivity index (χ3n) is 13.9. The van der Waals surface area contributed by atoms with Crippen molar-refractivity contribution in [3.05, 3.63) is 217 Å². The Morgan fingerprint density at radius 3 is 0.788 bits per heavy atom. The number of anilines is 6. The molecule has 0 fully saturated rings. The molecule has 0 atom stereocenters. The Kier molecular flexibility index (Phi) is 9.03. The molecule has 318 valence electrons.